The zero-order chi connectivity index (χ0) is 12.0. The van der Waals surface area contributed by atoms with E-state index in [9.17, 15) is 4.39 Å². The number of benzene rings is 1. The van der Waals surface area contributed by atoms with Crippen LogP contribution in [0.4, 0.5) is 4.39 Å². The third-order valence-electron chi connectivity index (χ3n) is 2.44. The van der Waals surface area contributed by atoms with Crippen LogP contribution in [0.5, 0.6) is 0 Å². The predicted molar refractivity (Wildman–Crippen MR) is 64.3 cm³/mol. The summed E-state index contributed by atoms with van der Waals surface area (Å²) in [5, 5.41) is 3.69. The van der Waals surface area contributed by atoms with Crippen LogP contribution >= 0.6 is 11.6 Å². The Balaban J connectivity index is 2.73. The SMILES string of the molecule is CCOCCC(NC)c1cc(F)ccc1Cl. The second-order valence-corrected chi connectivity index (χ2v) is 3.90. The summed E-state index contributed by atoms with van der Waals surface area (Å²) in [7, 11) is 1.83. The van der Waals surface area contributed by atoms with Crippen LogP contribution in [0.1, 0.15) is 24.9 Å². The van der Waals surface area contributed by atoms with Gasteiger partial charge in [0.25, 0.3) is 0 Å². The fourth-order valence-corrected chi connectivity index (χ4v) is 1.83. The van der Waals surface area contributed by atoms with Gasteiger partial charge < -0.3 is 10.1 Å². The van der Waals surface area contributed by atoms with Gasteiger partial charge in [-0.3, -0.25) is 0 Å². The largest absolute Gasteiger partial charge is 0.382 e. The van der Waals surface area contributed by atoms with Gasteiger partial charge in [0.15, 0.2) is 0 Å². The first kappa shape index (κ1) is 13.4. The molecule has 0 bridgehead atoms. The van der Waals surface area contributed by atoms with Crippen molar-refractivity contribution >= 4 is 11.6 Å². The molecule has 0 fully saturated rings. The van der Waals surface area contributed by atoms with Gasteiger partial charge in [0.05, 0.1) is 0 Å². The molecule has 0 aliphatic rings. The monoisotopic (exact) mass is 245 g/mol. The molecule has 0 aliphatic heterocycles. The third-order valence-corrected chi connectivity index (χ3v) is 2.78. The number of hydrogen-bond donors (Lipinski definition) is 1. The Morgan fingerprint density at radius 2 is 2.25 bits per heavy atom. The Kier molecular flexibility index (Phi) is 5.74. The molecular weight excluding hydrogens is 229 g/mol. The highest BCUT2D eigenvalue weighted by Crippen LogP contribution is 2.25. The molecule has 0 spiro atoms. The van der Waals surface area contributed by atoms with Gasteiger partial charge in [0, 0.05) is 24.3 Å². The minimum atomic E-state index is -0.268. The van der Waals surface area contributed by atoms with Crippen LogP contribution in [0.3, 0.4) is 0 Å². The molecule has 0 saturated heterocycles. The van der Waals surface area contributed by atoms with E-state index in [1.54, 1.807) is 6.07 Å². The third kappa shape index (κ3) is 3.74. The molecule has 0 aromatic heterocycles. The Bertz CT molecular complexity index is 333. The van der Waals surface area contributed by atoms with Crippen LogP contribution in [0, 0.1) is 5.82 Å². The number of halogens is 2. The topological polar surface area (TPSA) is 21.3 Å². The van der Waals surface area contributed by atoms with Gasteiger partial charge >= 0.3 is 0 Å². The Morgan fingerprint density at radius 3 is 2.88 bits per heavy atom. The average Bonchev–Trinajstić information content (AvgIpc) is 2.28. The predicted octanol–water partition coefficient (Wildman–Crippen LogP) is 3.17. The lowest BCUT2D eigenvalue weighted by molar-refractivity contribution is 0.137. The van der Waals surface area contributed by atoms with Crippen LogP contribution < -0.4 is 5.32 Å². The second-order valence-electron chi connectivity index (χ2n) is 3.49. The number of ether oxygens (including phenoxy) is 1. The van der Waals surface area contributed by atoms with Crippen molar-refractivity contribution in [3.05, 3.63) is 34.6 Å². The second kappa shape index (κ2) is 6.84. The lowest BCUT2D eigenvalue weighted by Gasteiger charge is -2.17. The van der Waals surface area contributed by atoms with Gasteiger partial charge in [-0.25, -0.2) is 4.39 Å². The van der Waals surface area contributed by atoms with E-state index in [0.717, 1.165) is 12.0 Å². The first-order valence-electron chi connectivity index (χ1n) is 5.39. The van der Waals surface area contributed by atoms with Gasteiger partial charge in [-0.05, 0) is 44.2 Å². The summed E-state index contributed by atoms with van der Waals surface area (Å²) in [6.07, 6.45) is 0.771. The normalized spacial score (nSPS) is 12.8. The molecule has 90 valence electrons. The first-order valence-corrected chi connectivity index (χ1v) is 5.76. The van der Waals surface area contributed by atoms with Gasteiger partial charge in [-0.2, -0.15) is 0 Å². The van der Waals surface area contributed by atoms with E-state index >= 15 is 0 Å². The molecule has 0 heterocycles. The summed E-state index contributed by atoms with van der Waals surface area (Å²) in [6.45, 7) is 3.27. The highest BCUT2D eigenvalue weighted by molar-refractivity contribution is 6.31. The molecule has 0 saturated carbocycles. The maximum Gasteiger partial charge on any atom is 0.123 e. The smallest absolute Gasteiger partial charge is 0.123 e. The van der Waals surface area contributed by atoms with E-state index in [-0.39, 0.29) is 11.9 Å². The van der Waals surface area contributed by atoms with Gasteiger partial charge in [-0.1, -0.05) is 11.6 Å². The van der Waals surface area contributed by atoms with Crippen molar-refractivity contribution in [2.24, 2.45) is 0 Å². The van der Waals surface area contributed by atoms with Crippen LogP contribution in [0.25, 0.3) is 0 Å². The highest BCUT2D eigenvalue weighted by atomic mass is 35.5. The lowest BCUT2D eigenvalue weighted by Crippen LogP contribution is -2.19. The van der Waals surface area contributed by atoms with Crippen LogP contribution in [0.15, 0.2) is 18.2 Å². The Morgan fingerprint density at radius 1 is 1.50 bits per heavy atom. The molecule has 1 N–H and O–H groups in total. The molecule has 0 amide bonds. The molecule has 0 aliphatic carbocycles. The Labute approximate surface area is 101 Å². The first-order chi connectivity index (χ1) is 7.69. The summed E-state index contributed by atoms with van der Waals surface area (Å²) < 4.78 is 18.4. The molecule has 0 radical (unpaired) electrons. The van der Waals surface area contributed by atoms with E-state index in [4.69, 9.17) is 16.3 Å². The van der Waals surface area contributed by atoms with E-state index in [0.29, 0.717) is 18.2 Å². The lowest BCUT2D eigenvalue weighted by atomic mass is 10.0. The van der Waals surface area contributed by atoms with E-state index in [1.807, 2.05) is 14.0 Å². The summed E-state index contributed by atoms with van der Waals surface area (Å²) in [4.78, 5) is 0. The molecule has 1 aromatic rings. The summed E-state index contributed by atoms with van der Waals surface area (Å²) in [5.74, 6) is -0.268. The Hall–Kier alpha value is -0.640. The number of rotatable bonds is 6. The van der Waals surface area contributed by atoms with Crippen LogP contribution in [-0.4, -0.2) is 20.3 Å². The fraction of sp³-hybridized carbons (Fsp3) is 0.500. The van der Waals surface area contributed by atoms with Crippen molar-refractivity contribution < 1.29 is 9.13 Å². The quantitative estimate of drug-likeness (QED) is 0.778. The maximum absolute atomic E-state index is 13.1. The number of nitrogens with one attached hydrogen (secondary N) is 1. The van der Waals surface area contributed by atoms with E-state index in [1.165, 1.54) is 12.1 Å². The molecule has 1 rings (SSSR count). The van der Waals surface area contributed by atoms with Crippen molar-refractivity contribution in [2.45, 2.75) is 19.4 Å². The molecule has 1 aromatic carbocycles. The average molecular weight is 246 g/mol. The van der Waals surface area contributed by atoms with Crippen molar-refractivity contribution in [3.8, 4) is 0 Å². The van der Waals surface area contributed by atoms with Gasteiger partial charge in [0.2, 0.25) is 0 Å². The zero-order valence-corrected chi connectivity index (χ0v) is 10.4. The summed E-state index contributed by atoms with van der Waals surface area (Å²) >= 11 is 6.04. The maximum atomic E-state index is 13.1. The summed E-state index contributed by atoms with van der Waals surface area (Å²) in [6, 6.07) is 4.43. The highest BCUT2D eigenvalue weighted by Gasteiger charge is 2.13. The molecule has 1 atom stereocenters. The fourth-order valence-electron chi connectivity index (χ4n) is 1.58. The van der Waals surface area contributed by atoms with Crippen LogP contribution in [0.2, 0.25) is 5.02 Å². The van der Waals surface area contributed by atoms with E-state index < -0.39 is 0 Å². The van der Waals surface area contributed by atoms with Crippen molar-refractivity contribution in [1.82, 2.24) is 5.32 Å². The molecule has 1 unspecified atom stereocenters. The van der Waals surface area contributed by atoms with Crippen LogP contribution in [-0.2, 0) is 4.74 Å². The van der Waals surface area contributed by atoms with Crippen molar-refractivity contribution in [3.63, 3.8) is 0 Å². The van der Waals surface area contributed by atoms with Gasteiger partial charge in [-0.15, -0.1) is 0 Å². The molecular formula is C12H17ClFNO. The zero-order valence-electron chi connectivity index (χ0n) is 9.59. The minimum Gasteiger partial charge on any atom is -0.382 e. The molecule has 4 heteroatoms. The van der Waals surface area contributed by atoms with Crippen molar-refractivity contribution in [2.75, 3.05) is 20.3 Å². The van der Waals surface area contributed by atoms with E-state index in [2.05, 4.69) is 5.32 Å². The van der Waals surface area contributed by atoms with Gasteiger partial charge in [0.1, 0.15) is 5.82 Å². The molecule has 16 heavy (non-hydrogen) atoms. The standard InChI is InChI=1S/C12H17ClFNO/c1-3-16-7-6-12(15-2)10-8-9(14)4-5-11(10)13/h4-5,8,12,15H,3,6-7H2,1-2H3. The summed E-state index contributed by atoms with van der Waals surface area (Å²) in [5.41, 5.74) is 0.781. The van der Waals surface area contributed by atoms with Crippen molar-refractivity contribution in [1.29, 1.82) is 0 Å². The number of hydrogen-bond acceptors (Lipinski definition) is 2. The molecule has 2 nitrogen and oxygen atoms in total. The minimum absolute atomic E-state index is 0.0229.